The molecule has 1 nitrogen and oxygen atoms in total. The number of rotatable bonds is 5. The van der Waals surface area contributed by atoms with E-state index in [-0.39, 0.29) is 6.04 Å². The quantitative estimate of drug-likeness (QED) is 0.799. The van der Waals surface area contributed by atoms with Gasteiger partial charge in [-0.1, -0.05) is 43.1 Å². The van der Waals surface area contributed by atoms with Gasteiger partial charge in [-0.2, -0.15) is 0 Å². The number of benzene rings is 1. The fourth-order valence-electron chi connectivity index (χ4n) is 1.82. The van der Waals surface area contributed by atoms with E-state index < -0.39 is 0 Å². The Hall–Kier alpha value is -0.240. The zero-order valence-electron chi connectivity index (χ0n) is 10.1. The molecule has 1 atom stereocenters. The summed E-state index contributed by atoms with van der Waals surface area (Å²) in [5, 5.41) is 4.98. The Morgan fingerprint density at radius 2 is 1.81 bits per heavy atom. The van der Waals surface area contributed by atoms with Crippen molar-refractivity contribution in [1.29, 1.82) is 0 Å². The molecular formula is C13H19Cl2N. The van der Waals surface area contributed by atoms with E-state index in [9.17, 15) is 0 Å². The van der Waals surface area contributed by atoms with Gasteiger partial charge in [0.25, 0.3) is 0 Å². The van der Waals surface area contributed by atoms with Crippen molar-refractivity contribution in [2.45, 2.75) is 45.7 Å². The average Bonchev–Trinajstić information content (AvgIpc) is 2.25. The van der Waals surface area contributed by atoms with Gasteiger partial charge in [0.2, 0.25) is 0 Å². The van der Waals surface area contributed by atoms with Gasteiger partial charge < -0.3 is 5.32 Å². The first-order valence-electron chi connectivity index (χ1n) is 5.79. The third-order valence-electron chi connectivity index (χ3n) is 2.90. The zero-order valence-corrected chi connectivity index (χ0v) is 11.6. The van der Waals surface area contributed by atoms with Gasteiger partial charge in [-0.3, -0.25) is 0 Å². The maximum Gasteiger partial charge on any atom is 0.0468 e. The highest BCUT2D eigenvalue weighted by atomic mass is 35.5. The summed E-state index contributed by atoms with van der Waals surface area (Å²) in [5.41, 5.74) is 1.11. The summed E-state index contributed by atoms with van der Waals surface area (Å²) in [6, 6.07) is 6.47. The normalized spacial score (nSPS) is 13.1. The van der Waals surface area contributed by atoms with Crippen LogP contribution in [-0.4, -0.2) is 6.04 Å². The number of halogens is 2. The molecule has 0 aliphatic carbocycles. The Balaban J connectivity index is 2.76. The highest BCUT2D eigenvalue weighted by Gasteiger charge is 2.13. The van der Waals surface area contributed by atoms with Crippen molar-refractivity contribution in [2.24, 2.45) is 0 Å². The van der Waals surface area contributed by atoms with Crippen molar-refractivity contribution < 1.29 is 0 Å². The van der Waals surface area contributed by atoms with Crippen LogP contribution in [0.1, 0.15) is 45.2 Å². The molecule has 0 aromatic heterocycles. The van der Waals surface area contributed by atoms with Gasteiger partial charge in [0.1, 0.15) is 0 Å². The van der Waals surface area contributed by atoms with Crippen LogP contribution in [0.2, 0.25) is 10.0 Å². The minimum Gasteiger partial charge on any atom is -0.307 e. The monoisotopic (exact) mass is 259 g/mol. The summed E-state index contributed by atoms with van der Waals surface area (Å²) < 4.78 is 0. The molecule has 90 valence electrons. The minimum absolute atomic E-state index is 0.259. The van der Waals surface area contributed by atoms with Crippen LogP contribution in [0.15, 0.2) is 18.2 Å². The van der Waals surface area contributed by atoms with Crippen molar-refractivity contribution in [3.8, 4) is 0 Å². The van der Waals surface area contributed by atoms with Crippen molar-refractivity contribution in [3.63, 3.8) is 0 Å². The van der Waals surface area contributed by atoms with Crippen LogP contribution >= 0.6 is 23.2 Å². The van der Waals surface area contributed by atoms with Gasteiger partial charge in [-0.05, 0) is 37.5 Å². The van der Waals surface area contributed by atoms with Crippen LogP contribution < -0.4 is 5.32 Å². The molecule has 1 N–H and O–H groups in total. The molecule has 0 saturated carbocycles. The van der Waals surface area contributed by atoms with E-state index in [1.165, 1.54) is 0 Å². The molecule has 16 heavy (non-hydrogen) atoms. The van der Waals surface area contributed by atoms with Gasteiger partial charge in [0.05, 0.1) is 0 Å². The molecule has 0 saturated heterocycles. The Labute approximate surface area is 108 Å². The van der Waals surface area contributed by atoms with E-state index >= 15 is 0 Å². The Bertz CT molecular complexity index is 335. The number of hydrogen-bond acceptors (Lipinski definition) is 1. The second-order valence-electron chi connectivity index (χ2n) is 4.07. The van der Waals surface area contributed by atoms with Crippen LogP contribution in [0.25, 0.3) is 0 Å². The molecule has 0 amide bonds. The molecule has 0 spiro atoms. The molecule has 3 heteroatoms. The fraction of sp³-hybridized carbons (Fsp3) is 0.538. The molecule has 0 fully saturated rings. The summed E-state index contributed by atoms with van der Waals surface area (Å²) in [5.74, 6) is 0. The highest BCUT2D eigenvalue weighted by Crippen LogP contribution is 2.26. The lowest BCUT2D eigenvalue weighted by Gasteiger charge is -2.22. The molecule has 1 aromatic carbocycles. The number of nitrogens with one attached hydrogen (secondary N) is 1. The summed E-state index contributed by atoms with van der Waals surface area (Å²) in [6.07, 6.45) is 2.26. The molecule has 0 radical (unpaired) electrons. The average molecular weight is 260 g/mol. The lowest BCUT2D eigenvalue weighted by Crippen LogP contribution is -2.30. The molecule has 0 bridgehead atoms. The predicted octanol–water partition coefficient (Wildman–Crippen LogP) is 4.83. The van der Waals surface area contributed by atoms with Crippen molar-refractivity contribution in [1.82, 2.24) is 5.32 Å². The van der Waals surface area contributed by atoms with Gasteiger partial charge in [-0.25, -0.2) is 0 Å². The van der Waals surface area contributed by atoms with E-state index in [2.05, 4.69) is 26.1 Å². The van der Waals surface area contributed by atoms with Gasteiger partial charge in [0.15, 0.2) is 0 Å². The Kier molecular flexibility index (Phi) is 5.60. The topological polar surface area (TPSA) is 12.0 Å². The van der Waals surface area contributed by atoms with Crippen LogP contribution in [0, 0.1) is 0 Å². The molecule has 0 aliphatic rings. The third-order valence-corrected chi connectivity index (χ3v) is 3.46. The molecular weight excluding hydrogens is 241 g/mol. The van der Waals surface area contributed by atoms with E-state index in [4.69, 9.17) is 23.2 Å². The maximum atomic E-state index is 6.17. The standard InChI is InChI=1S/C13H19Cl2N/c1-4-11(5-2)16-9(3)12-7-6-10(14)8-13(12)15/h6-9,11,16H,4-5H2,1-3H3. The molecule has 1 rings (SSSR count). The molecule has 1 unspecified atom stereocenters. The number of hydrogen-bond donors (Lipinski definition) is 1. The largest absolute Gasteiger partial charge is 0.307 e. The van der Waals surface area contributed by atoms with Crippen molar-refractivity contribution >= 4 is 23.2 Å². The van der Waals surface area contributed by atoms with E-state index in [1.807, 2.05) is 12.1 Å². The summed E-state index contributed by atoms with van der Waals surface area (Å²) >= 11 is 12.0. The van der Waals surface area contributed by atoms with E-state index in [0.717, 1.165) is 23.4 Å². The summed E-state index contributed by atoms with van der Waals surface area (Å²) in [4.78, 5) is 0. The van der Waals surface area contributed by atoms with Gasteiger partial charge in [0, 0.05) is 22.1 Å². The summed E-state index contributed by atoms with van der Waals surface area (Å²) in [7, 11) is 0. The predicted molar refractivity (Wildman–Crippen MR) is 72.4 cm³/mol. The third kappa shape index (κ3) is 3.65. The Morgan fingerprint density at radius 3 is 2.31 bits per heavy atom. The molecule has 1 aromatic rings. The first-order chi connectivity index (χ1) is 7.58. The lowest BCUT2D eigenvalue weighted by atomic mass is 10.1. The van der Waals surface area contributed by atoms with Crippen LogP contribution in [0.3, 0.4) is 0 Å². The van der Waals surface area contributed by atoms with Gasteiger partial charge in [-0.15, -0.1) is 0 Å². The SMILES string of the molecule is CCC(CC)NC(C)c1ccc(Cl)cc1Cl. The second kappa shape index (κ2) is 6.48. The maximum absolute atomic E-state index is 6.17. The minimum atomic E-state index is 0.259. The van der Waals surface area contributed by atoms with Crippen LogP contribution in [0.4, 0.5) is 0 Å². The lowest BCUT2D eigenvalue weighted by molar-refractivity contribution is 0.432. The van der Waals surface area contributed by atoms with Crippen molar-refractivity contribution in [3.05, 3.63) is 33.8 Å². The van der Waals surface area contributed by atoms with Crippen molar-refractivity contribution in [2.75, 3.05) is 0 Å². The zero-order chi connectivity index (χ0) is 12.1. The first-order valence-corrected chi connectivity index (χ1v) is 6.55. The molecule has 0 heterocycles. The first kappa shape index (κ1) is 13.8. The van der Waals surface area contributed by atoms with E-state index in [0.29, 0.717) is 11.1 Å². The Morgan fingerprint density at radius 1 is 1.19 bits per heavy atom. The fourth-order valence-corrected chi connectivity index (χ4v) is 2.39. The smallest absolute Gasteiger partial charge is 0.0468 e. The second-order valence-corrected chi connectivity index (χ2v) is 4.91. The van der Waals surface area contributed by atoms with Crippen LogP contribution in [-0.2, 0) is 0 Å². The van der Waals surface area contributed by atoms with E-state index in [1.54, 1.807) is 6.07 Å². The summed E-state index contributed by atoms with van der Waals surface area (Å²) in [6.45, 7) is 6.52. The van der Waals surface area contributed by atoms with Crippen LogP contribution in [0.5, 0.6) is 0 Å². The van der Waals surface area contributed by atoms with Gasteiger partial charge >= 0.3 is 0 Å². The highest BCUT2D eigenvalue weighted by molar-refractivity contribution is 6.35. The molecule has 0 aliphatic heterocycles.